The molecule has 0 saturated carbocycles. The summed E-state index contributed by atoms with van der Waals surface area (Å²) in [5.74, 6) is -0.818. The van der Waals surface area contributed by atoms with Crippen LogP contribution in [-0.4, -0.2) is 16.8 Å². The van der Waals surface area contributed by atoms with Gasteiger partial charge in [0.1, 0.15) is 0 Å². The maximum Gasteiger partial charge on any atom is 0.264 e. The number of rotatable bonds is 5. The van der Waals surface area contributed by atoms with Gasteiger partial charge in [-0.15, -0.1) is 0 Å². The molecule has 1 N–H and O–H groups in total. The van der Waals surface area contributed by atoms with E-state index in [1.54, 1.807) is 42.5 Å². The number of fused-ring (bicyclic) bond motifs is 1. The van der Waals surface area contributed by atoms with Crippen LogP contribution in [0.4, 0.5) is 5.69 Å². The zero-order valence-corrected chi connectivity index (χ0v) is 15.8. The third-order valence-corrected chi connectivity index (χ3v) is 5.22. The van der Waals surface area contributed by atoms with Crippen molar-refractivity contribution in [1.82, 2.24) is 0 Å². The van der Waals surface area contributed by atoms with Gasteiger partial charge in [-0.3, -0.25) is 9.59 Å². The largest absolute Gasteiger partial charge is 0.375 e. The summed E-state index contributed by atoms with van der Waals surface area (Å²) in [5, 5.41) is 11.7. The number of Topliss-reactive ketones (excluding diaryl/α,β-unsaturated/α-hetero) is 1. The lowest BCUT2D eigenvalue weighted by atomic mass is 9.88. The van der Waals surface area contributed by atoms with Gasteiger partial charge in [-0.1, -0.05) is 72.3 Å². The van der Waals surface area contributed by atoms with Crippen LogP contribution in [0.15, 0.2) is 78.9 Å². The molecule has 3 aromatic rings. The highest BCUT2D eigenvalue weighted by Crippen LogP contribution is 2.44. The molecule has 0 fully saturated rings. The van der Waals surface area contributed by atoms with Crippen molar-refractivity contribution in [2.45, 2.75) is 18.6 Å². The Labute approximate surface area is 168 Å². The zero-order chi connectivity index (χ0) is 19.7. The molecular formula is C23H18ClNO3. The molecule has 1 aliphatic heterocycles. The molecule has 0 bridgehead atoms. The third kappa shape index (κ3) is 3.21. The Balaban J connectivity index is 1.72. The molecule has 0 saturated heterocycles. The van der Waals surface area contributed by atoms with E-state index in [2.05, 4.69) is 0 Å². The lowest BCUT2D eigenvalue weighted by Gasteiger charge is -2.23. The van der Waals surface area contributed by atoms with Gasteiger partial charge in [-0.05, 0) is 23.8 Å². The minimum absolute atomic E-state index is 0.302. The molecule has 4 rings (SSSR count). The number of carbonyl (C=O) groups is 2. The van der Waals surface area contributed by atoms with E-state index in [-0.39, 0.29) is 12.2 Å². The highest BCUT2D eigenvalue weighted by Gasteiger charge is 2.51. The molecule has 140 valence electrons. The first-order chi connectivity index (χ1) is 13.5. The molecule has 1 amide bonds. The fourth-order valence-corrected chi connectivity index (χ4v) is 3.75. The number of amides is 1. The summed E-state index contributed by atoms with van der Waals surface area (Å²) < 4.78 is 0. The summed E-state index contributed by atoms with van der Waals surface area (Å²) in [6.45, 7) is 0.302. The molecule has 1 aliphatic rings. The number of hydrogen-bond donors (Lipinski definition) is 1. The SMILES string of the molecule is O=C(C[C@@]1(O)C(=O)N(Cc2ccccc2)c2ccc(Cl)cc21)c1ccccc1. The van der Waals surface area contributed by atoms with Crippen LogP contribution in [0.2, 0.25) is 5.02 Å². The van der Waals surface area contributed by atoms with Crippen LogP contribution in [-0.2, 0) is 16.9 Å². The number of nitrogens with zero attached hydrogens (tertiary/aromatic N) is 1. The summed E-state index contributed by atoms with van der Waals surface area (Å²) in [4.78, 5) is 27.5. The van der Waals surface area contributed by atoms with Gasteiger partial charge < -0.3 is 10.0 Å². The van der Waals surface area contributed by atoms with Crippen LogP contribution in [0.25, 0.3) is 0 Å². The fourth-order valence-electron chi connectivity index (χ4n) is 3.58. The molecule has 5 heteroatoms. The lowest BCUT2D eigenvalue weighted by Crippen LogP contribution is -2.41. The number of benzene rings is 3. The van der Waals surface area contributed by atoms with Crippen LogP contribution in [0.5, 0.6) is 0 Å². The molecular weight excluding hydrogens is 374 g/mol. The first kappa shape index (κ1) is 18.4. The third-order valence-electron chi connectivity index (χ3n) is 4.99. The zero-order valence-electron chi connectivity index (χ0n) is 15.0. The molecule has 0 aliphatic carbocycles. The van der Waals surface area contributed by atoms with E-state index in [0.717, 1.165) is 5.56 Å². The Morgan fingerprint density at radius 1 is 0.964 bits per heavy atom. The Bertz CT molecular complexity index is 1040. The lowest BCUT2D eigenvalue weighted by molar-refractivity contribution is -0.136. The first-order valence-corrected chi connectivity index (χ1v) is 9.33. The maximum absolute atomic E-state index is 13.2. The summed E-state index contributed by atoms with van der Waals surface area (Å²) in [6, 6.07) is 23.1. The van der Waals surface area contributed by atoms with Gasteiger partial charge in [0.2, 0.25) is 0 Å². The summed E-state index contributed by atoms with van der Waals surface area (Å²) in [5.41, 5.74) is 0.373. The first-order valence-electron chi connectivity index (χ1n) is 8.95. The van der Waals surface area contributed by atoms with E-state index in [1.807, 2.05) is 36.4 Å². The Morgan fingerprint density at radius 3 is 2.29 bits per heavy atom. The normalized spacial score (nSPS) is 18.2. The number of halogens is 1. The van der Waals surface area contributed by atoms with Gasteiger partial charge in [0.15, 0.2) is 11.4 Å². The smallest absolute Gasteiger partial charge is 0.264 e. The van der Waals surface area contributed by atoms with Gasteiger partial charge in [0.25, 0.3) is 5.91 Å². The molecule has 1 heterocycles. The van der Waals surface area contributed by atoms with Crippen molar-refractivity contribution in [3.63, 3.8) is 0 Å². The second-order valence-corrected chi connectivity index (χ2v) is 7.30. The predicted molar refractivity (Wildman–Crippen MR) is 108 cm³/mol. The van der Waals surface area contributed by atoms with Crippen molar-refractivity contribution in [2.75, 3.05) is 4.90 Å². The summed E-state index contributed by atoms with van der Waals surface area (Å²) in [7, 11) is 0. The molecule has 0 unspecified atom stereocenters. The highest BCUT2D eigenvalue weighted by atomic mass is 35.5. The molecule has 0 spiro atoms. The molecule has 3 aromatic carbocycles. The van der Waals surface area contributed by atoms with Crippen molar-refractivity contribution in [3.05, 3.63) is 101 Å². The van der Waals surface area contributed by atoms with Gasteiger partial charge in [0.05, 0.1) is 18.7 Å². The minimum atomic E-state index is -1.94. The fraction of sp³-hybridized carbons (Fsp3) is 0.130. The number of carbonyl (C=O) groups excluding carboxylic acids is 2. The van der Waals surface area contributed by atoms with Crippen molar-refractivity contribution in [1.29, 1.82) is 0 Å². The maximum atomic E-state index is 13.2. The van der Waals surface area contributed by atoms with Gasteiger partial charge in [-0.2, -0.15) is 0 Å². The summed E-state index contributed by atoms with van der Waals surface area (Å²) in [6.07, 6.45) is -0.339. The number of hydrogen-bond acceptors (Lipinski definition) is 3. The van der Waals surface area contributed by atoms with Gasteiger partial charge >= 0.3 is 0 Å². The minimum Gasteiger partial charge on any atom is -0.375 e. The molecule has 4 nitrogen and oxygen atoms in total. The van der Waals surface area contributed by atoms with E-state index < -0.39 is 11.5 Å². The Kier molecular flexibility index (Phi) is 4.75. The quantitative estimate of drug-likeness (QED) is 0.658. The van der Waals surface area contributed by atoms with Crippen LogP contribution >= 0.6 is 11.6 Å². The van der Waals surface area contributed by atoms with Crippen LogP contribution in [0, 0.1) is 0 Å². The molecule has 0 radical (unpaired) electrons. The van der Waals surface area contributed by atoms with E-state index in [4.69, 9.17) is 11.6 Å². The van der Waals surface area contributed by atoms with E-state index in [9.17, 15) is 14.7 Å². The van der Waals surface area contributed by atoms with Crippen molar-refractivity contribution < 1.29 is 14.7 Å². The van der Waals surface area contributed by atoms with Gasteiger partial charge in [0, 0.05) is 16.1 Å². The van der Waals surface area contributed by atoms with Crippen LogP contribution in [0.3, 0.4) is 0 Å². The standard InChI is InChI=1S/C23H18ClNO3/c24-18-11-12-20-19(13-18)23(28,14-21(26)17-9-5-2-6-10-17)22(27)25(20)15-16-7-3-1-4-8-16/h1-13,28H,14-15H2/t23-/m0/s1. The average Bonchev–Trinajstić information content (AvgIpc) is 2.91. The van der Waals surface area contributed by atoms with E-state index in [0.29, 0.717) is 28.4 Å². The van der Waals surface area contributed by atoms with Gasteiger partial charge in [-0.25, -0.2) is 0 Å². The van der Waals surface area contributed by atoms with Crippen LogP contribution in [0.1, 0.15) is 27.9 Å². The second-order valence-electron chi connectivity index (χ2n) is 6.86. The average molecular weight is 392 g/mol. The molecule has 28 heavy (non-hydrogen) atoms. The highest BCUT2D eigenvalue weighted by molar-refractivity contribution is 6.31. The Morgan fingerprint density at radius 2 is 1.61 bits per heavy atom. The van der Waals surface area contributed by atoms with Crippen molar-refractivity contribution in [2.24, 2.45) is 0 Å². The van der Waals surface area contributed by atoms with Crippen LogP contribution < -0.4 is 4.90 Å². The molecule has 0 aromatic heterocycles. The topological polar surface area (TPSA) is 57.6 Å². The van der Waals surface area contributed by atoms with Crippen molar-refractivity contribution in [3.8, 4) is 0 Å². The second kappa shape index (κ2) is 7.23. The van der Waals surface area contributed by atoms with Crippen molar-refractivity contribution >= 4 is 29.0 Å². The van der Waals surface area contributed by atoms with E-state index >= 15 is 0 Å². The molecule has 1 atom stereocenters. The number of anilines is 1. The monoisotopic (exact) mass is 391 g/mol. The Hall–Kier alpha value is -2.95. The number of aliphatic hydroxyl groups is 1. The number of ketones is 1. The summed E-state index contributed by atoms with van der Waals surface area (Å²) >= 11 is 6.13. The van der Waals surface area contributed by atoms with E-state index in [1.165, 1.54) is 4.90 Å². The predicted octanol–water partition coefficient (Wildman–Crippen LogP) is 4.35.